The molecule has 2 saturated carbocycles. The van der Waals surface area contributed by atoms with Crippen molar-refractivity contribution in [3.05, 3.63) is 0 Å². The minimum absolute atomic E-state index is 0.160. The van der Waals surface area contributed by atoms with E-state index in [1.165, 1.54) is 57.9 Å². The molecule has 0 aromatic carbocycles. The average Bonchev–Trinajstić information content (AvgIpc) is 3.02. The van der Waals surface area contributed by atoms with Gasteiger partial charge < -0.3 is 5.32 Å². The molecule has 3 aliphatic rings. The normalized spacial score (nSPS) is 30.5. The van der Waals surface area contributed by atoms with Crippen LogP contribution in [0, 0.1) is 0 Å². The maximum absolute atomic E-state index is 12.5. The van der Waals surface area contributed by atoms with Gasteiger partial charge in [-0.2, -0.15) is 0 Å². The van der Waals surface area contributed by atoms with E-state index in [4.69, 9.17) is 0 Å². The zero-order chi connectivity index (χ0) is 12.5. The van der Waals surface area contributed by atoms with Gasteiger partial charge in [0.2, 0.25) is 0 Å². The molecule has 0 aromatic rings. The predicted molar refractivity (Wildman–Crippen MR) is 72.6 cm³/mol. The Morgan fingerprint density at radius 1 is 1.00 bits per heavy atom. The van der Waals surface area contributed by atoms with Crippen LogP contribution in [0.4, 0.5) is 4.39 Å². The Balaban J connectivity index is 1.72. The summed E-state index contributed by atoms with van der Waals surface area (Å²) in [5.74, 6) is 0. The van der Waals surface area contributed by atoms with Gasteiger partial charge in [0, 0.05) is 30.7 Å². The lowest BCUT2D eigenvalue weighted by Crippen LogP contribution is -2.68. The van der Waals surface area contributed by atoms with Crippen LogP contribution in [-0.2, 0) is 0 Å². The number of halogens is 1. The summed E-state index contributed by atoms with van der Waals surface area (Å²) in [7, 11) is 0. The topological polar surface area (TPSA) is 15.3 Å². The summed E-state index contributed by atoms with van der Waals surface area (Å²) in [6.07, 6.45) is 11.5. The molecule has 1 heterocycles. The molecule has 0 unspecified atom stereocenters. The van der Waals surface area contributed by atoms with Gasteiger partial charge in [-0.15, -0.1) is 0 Å². The van der Waals surface area contributed by atoms with Crippen LogP contribution < -0.4 is 5.32 Å². The van der Waals surface area contributed by atoms with Gasteiger partial charge in [-0.3, -0.25) is 9.29 Å². The van der Waals surface area contributed by atoms with Crippen molar-refractivity contribution in [2.75, 3.05) is 26.3 Å². The van der Waals surface area contributed by atoms with Gasteiger partial charge in [0.05, 0.1) is 6.67 Å². The highest BCUT2D eigenvalue weighted by molar-refractivity contribution is 5.08. The summed E-state index contributed by atoms with van der Waals surface area (Å²) in [4.78, 5) is 2.67. The van der Waals surface area contributed by atoms with Crippen LogP contribution in [0.3, 0.4) is 0 Å². The predicted octanol–water partition coefficient (Wildman–Crippen LogP) is 2.88. The molecule has 3 heteroatoms. The number of rotatable bonds is 3. The molecule has 0 amide bonds. The first-order valence-electron chi connectivity index (χ1n) is 7.85. The van der Waals surface area contributed by atoms with Gasteiger partial charge in [0.25, 0.3) is 0 Å². The molecule has 2 nitrogen and oxygen atoms in total. The van der Waals surface area contributed by atoms with E-state index < -0.39 is 0 Å². The lowest BCUT2D eigenvalue weighted by molar-refractivity contribution is 0.00747. The van der Waals surface area contributed by atoms with E-state index in [0.717, 1.165) is 19.5 Å². The highest BCUT2D eigenvalue weighted by Gasteiger charge is 2.48. The third-order valence-electron chi connectivity index (χ3n) is 5.61. The molecular formula is C15H27FN2. The molecule has 1 saturated heterocycles. The molecule has 104 valence electrons. The van der Waals surface area contributed by atoms with Crippen LogP contribution in [0.2, 0.25) is 0 Å². The maximum Gasteiger partial charge on any atom is 0.0906 e. The first kappa shape index (κ1) is 12.9. The van der Waals surface area contributed by atoms with E-state index in [1.807, 2.05) is 0 Å². The number of hydrogen-bond donors (Lipinski definition) is 1. The number of piperazine rings is 1. The van der Waals surface area contributed by atoms with Crippen LogP contribution in [0.25, 0.3) is 0 Å². The minimum Gasteiger partial charge on any atom is -0.308 e. The first-order valence-corrected chi connectivity index (χ1v) is 7.85. The summed E-state index contributed by atoms with van der Waals surface area (Å²) in [6, 6.07) is 0. The molecule has 2 aliphatic carbocycles. The quantitative estimate of drug-likeness (QED) is 0.833. The van der Waals surface area contributed by atoms with E-state index in [2.05, 4.69) is 10.2 Å². The van der Waals surface area contributed by atoms with Crippen molar-refractivity contribution < 1.29 is 4.39 Å². The molecular weight excluding hydrogens is 227 g/mol. The summed E-state index contributed by atoms with van der Waals surface area (Å²) in [6.45, 7) is 3.14. The Morgan fingerprint density at radius 3 is 2.33 bits per heavy atom. The van der Waals surface area contributed by atoms with Crippen molar-refractivity contribution >= 4 is 0 Å². The zero-order valence-corrected chi connectivity index (χ0v) is 11.5. The molecule has 1 N–H and O–H groups in total. The third kappa shape index (κ3) is 2.20. The van der Waals surface area contributed by atoms with Gasteiger partial charge in [0.1, 0.15) is 0 Å². The molecule has 0 atom stereocenters. The Bertz CT molecular complexity index is 280. The molecule has 18 heavy (non-hydrogen) atoms. The Hall–Kier alpha value is -0.150. The van der Waals surface area contributed by atoms with Gasteiger partial charge in [-0.05, 0) is 32.1 Å². The van der Waals surface area contributed by atoms with Gasteiger partial charge in [-0.25, -0.2) is 0 Å². The van der Waals surface area contributed by atoms with E-state index >= 15 is 0 Å². The lowest BCUT2D eigenvalue weighted by Gasteiger charge is -2.52. The SMILES string of the molecule is FCCCN1CC2(CCCC2)NCC12CCCC2. The number of alkyl halides is 1. The van der Waals surface area contributed by atoms with Crippen molar-refractivity contribution in [2.45, 2.75) is 68.9 Å². The monoisotopic (exact) mass is 254 g/mol. The van der Waals surface area contributed by atoms with E-state index in [0.29, 0.717) is 11.1 Å². The molecule has 0 radical (unpaired) electrons. The summed E-state index contributed by atoms with van der Waals surface area (Å²) in [5.41, 5.74) is 0.757. The molecule has 1 aliphatic heterocycles. The Labute approximate surface area is 110 Å². The third-order valence-corrected chi connectivity index (χ3v) is 5.61. The van der Waals surface area contributed by atoms with Crippen molar-refractivity contribution in [1.82, 2.24) is 10.2 Å². The lowest BCUT2D eigenvalue weighted by atomic mass is 9.84. The van der Waals surface area contributed by atoms with Gasteiger partial charge in [0.15, 0.2) is 0 Å². The number of hydrogen-bond acceptors (Lipinski definition) is 2. The van der Waals surface area contributed by atoms with Crippen LogP contribution >= 0.6 is 0 Å². The van der Waals surface area contributed by atoms with Gasteiger partial charge in [-0.1, -0.05) is 25.7 Å². The van der Waals surface area contributed by atoms with Crippen LogP contribution in [0.15, 0.2) is 0 Å². The smallest absolute Gasteiger partial charge is 0.0906 e. The van der Waals surface area contributed by atoms with E-state index in [-0.39, 0.29) is 6.67 Å². The molecule has 3 rings (SSSR count). The van der Waals surface area contributed by atoms with Crippen LogP contribution in [0.1, 0.15) is 57.8 Å². The van der Waals surface area contributed by atoms with Crippen molar-refractivity contribution in [3.8, 4) is 0 Å². The number of nitrogens with zero attached hydrogens (tertiary/aromatic N) is 1. The molecule has 3 fully saturated rings. The second kappa shape index (κ2) is 5.09. The summed E-state index contributed by atoms with van der Waals surface area (Å²) >= 11 is 0. The van der Waals surface area contributed by atoms with Crippen molar-refractivity contribution in [3.63, 3.8) is 0 Å². The maximum atomic E-state index is 12.5. The first-order chi connectivity index (χ1) is 8.79. The number of nitrogens with one attached hydrogen (secondary N) is 1. The summed E-state index contributed by atoms with van der Waals surface area (Å²) < 4.78 is 12.5. The second-order valence-corrected chi connectivity index (χ2v) is 6.74. The van der Waals surface area contributed by atoms with Crippen LogP contribution in [0.5, 0.6) is 0 Å². The second-order valence-electron chi connectivity index (χ2n) is 6.74. The highest BCUT2D eigenvalue weighted by atomic mass is 19.1. The van der Waals surface area contributed by atoms with Crippen LogP contribution in [-0.4, -0.2) is 42.3 Å². The Morgan fingerprint density at radius 2 is 1.67 bits per heavy atom. The molecule has 0 aromatic heterocycles. The fourth-order valence-electron chi connectivity index (χ4n) is 4.53. The largest absolute Gasteiger partial charge is 0.308 e. The standard InChI is InChI=1S/C15H27FN2/c16-10-5-11-18-13-14(6-1-2-7-14)17-12-15(18)8-3-4-9-15/h17H,1-13H2. The summed E-state index contributed by atoms with van der Waals surface area (Å²) in [5, 5.41) is 3.90. The zero-order valence-electron chi connectivity index (χ0n) is 11.5. The van der Waals surface area contributed by atoms with E-state index in [9.17, 15) is 4.39 Å². The van der Waals surface area contributed by atoms with Gasteiger partial charge >= 0.3 is 0 Å². The van der Waals surface area contributed by atoms with Crippen molar-refractivity contribution in [1.29, 1.82) is 0 Å². The molecule has 2 spiro atoms. The molecule has 0 bridgehead atoms. The average molecular weight is 254 g/mol. The van der Waals surface area contributed by atoms with Crippen molar-refractivity contribution in [2.24, 2.45) is 0 Å². The fraction of sp³-hybridized carbons (Fsp3) is 1.00. The fourth-order valence-corrected chi connectivity index (χ4v) is 4.53. The Kier molecular flexibility index (Phi) is 3.63. The van der Waals surface area contributed by atoms with E-state index in [1.54, 1.807) is 0 Å². The minimum atomic E-state index is -0.160. The highest BCUT2D eigenvalue weighted by Crippen LogP contribution is 2.42.